The van der Waals surface area contributed by atoms with Crippen LogP contribution in [-0.2, 0) is 16.5 Å². The Balaban J connectivity index is 1.69. The van der Waals surface area contributed by atoms with Gasteiger partial charge in [0, 0.05) is 56.2 Å². The van der Waals surface area contributed by atoms with Gasteiger partial charge in [-0.15, -0.1) is 0 Å². The van der Waals surface area contributed by atoms with Crippen LogP contribution in [0.3, 0.4) is 0 Å². The predicted octanol–water partition coefficient (Wildman–Crippen LogP) is 3.74. The molecule has 1 fully saturated rings. The Morgan fingerprint density at radius 1 is 1.16 bits per heavy atom. The molecular weight excluding hydrogens is 496 g/mol. The number of ether oxygens (including phenoxy) is 2. The van der Waals surface area contributed by atoms with Gasteiger partial charge in [-0.05, 0) is 31.2 Å². The highest BCUT2D eigenvalue weighted by molar-refractivity contribution is 6.35. The number of aromatic nitrogens is 6. The zero-order valence-corrected chi connectivity index (χ0v) is 21.1. The quantitative estimate of drug-likeness (QED) is 0.361. The van der Waals surface area contributed by atoms with Gasteiger partial charge in [0.15, 0.2) is 5.82 Å². The minimum absolute atomic E-state index is 0.214. The molecule has 12 heteroatoms. The van der Waals surface area contributed by atoms with Crippen molar-refractivity contribution in [3.05, 3.63) is 59.6 Å². The molecule has 0 aliphatic carbocycles. The molecule has 0 radical (unpaired) electrons. The molecule has 0 atom stereocenters. The second-order valence-electron chi connectivity index (χ2n) is 8.21. The summed E-state index contributed by atoms with van der Waals surface area (Å²) in [4.78, 5) is 33.0. The third-order valence-corrected chi connectivity index (χ3v) is 6.06. The third-order valence-electron chi connectivity index (χ3n) is 5.71. The Labute approximate surface area is 218 Å². The van der Waals surface area contributed by atoms with E-state index in [1.165, 1.54) is 6.20 Å². The highest BCUT2D eigenvalue weighted by Crippen LogP contribution is 2.37. The Morgan fingerprint density at radius 3 is 2.65 bits per heavy atom. The number of morpholine rings is 1. The summed E-state index contributed by atoms with van der Waals surface area (Å²) in [5, 5.41) is 7.95. The standard InChI is InChI=1S/C25H25ClN8O3/c1-3-37-24(35)18-15-28-20(19-6-9-33(2)32-19)14-17(18)22-21(26)23(29-16-4-7-27-8-5-16)31-25(30-22)34-10-12-36-13-11-34/h4-9,14-15H,3,10-13H2,1-2H3,(H,27,29,30,31). The molecular formula is C25H25ClN8O3. The molecule has 5 heterocycles. The van der Waals surface area contributed by atoms with Crippen LogP contribution in [0.25, 0.3) is 22.6 Å². The third kappa shape index (κ3) is 5.37. The molecule has 0 aromatic carbocycles. The van der Waals surface area contributed by atoms with Crippen LogP contribution in [0.15, 0.2) is 49.1 Å². The molecule has 5 rings (SSSR count). The summed E-state index contributed by atoms with van der Waals surface area (Å²) < 4.78 is 12.5. The van der Waals surface area contributed by atoms with Gasteiger partial charge in [-0.25, -0.2) is 9.78 Å². The van der Waals surface area contributed by atoms with Crippen molar-refractivity contribution in [2.45, 2.75) is 6.92 Å². The largest absolute Gasteiger partial charge is 0.462 e. The molecule has 1 N–H and O–H groups in total. The van der Waals surface area contributed by atoms with Crippen molar-refractivity contribution >= 4 is 35.0 Å². The number of carbonyl (C=O) groups is 1. The fourth-order valence-electron chi connectivity index (χ4n) is 3.89. The van der Waals surface area contributed by atoms with Gasteiger partial charge in [0.2, 0.25) is 5.95 Å². The van der Waals surface area contributed by atoms with Crippen molar-refractivity contribution in [3.8, 4) is 22.6 Å². The lowest BCUT2D eigenvalue weighted by Gasteiger charge is -2.28. The summed E-state index contributed by atoms with van der Waals surface area (Å²) in [6, 6.07) is 7.21. The number of nitrogens with zero attached hydrogens (tertiary/aromatic N) is 7. The summed E-state index contributed by atoms with van der Waals surface area (Å²) in [6.45, 7) is 4.32. The molecule has 0 spiro atoms. The van der Waals surface area contributed by atoms with Crippen LogP contribution in [0.4, 0.5) is 17.5 Å². The fourth-order valence-corrected chi connectivity index (χ4v) is 4.12. The maximum atomic E-state index is 12.9. The van der Waals surface area contributed by atoms with Crippen molar-refractivity contribution in [2.24, 2.45) is 7.05 Å². The SMILES string of the molecule is CCOC(=O)c1cnc(-c2ccn(C)n2)cc1-c1nc(N2CCOCC2)nc(Nc2ccncc2)c1Cl. The van der Waals surface area contributed by atoms with E-state index in [1.807, 2.05) is 36.3 Å². The monoisotopic (exact) mass is 520 g/mol. The normalized spacial score (nSPS) is 13.4. The number of aryl methyl sites for hydroxylation is 1. The number of carbonyl (C=O) groups excluding carboxylic acids is 1. The number of nitrogens with one attached hydrogen (secondary N) is 1. The molecule has 0 unspecified atom stereocenters. The van der Waals surface area contributed by atoms with Gasteiger partial charge in [-0.1, -0.05) is 11.6 Å². The number of hydrogen-bond acceptors (Lipinski definition) is 10. The van der Waals surface area contributed by atoms with E-state index >= 15 is 0 Å². The Bertz CT molecular complexity index is 1410. The van der Waals surface area contributed by atoms with E-state index in [4.69, 9.17) is 31.0 Å². The van der Waals surface area contributed by atoms with Crippen LogP contribution in [0.2, 0.25) is 5.02 Å². The topological polar surface area (TPSA) is 120 Å². The van der Waals surface area contributed by atoms with Gasteiger partial charge in [0.1, 0.15) is 10.7 Å². The first-order valence-corrected chi connectivity index (χ1v) is 12.2. The lowest BCUT2D eigenvalue weighted by molar-refractivity contribution is 0.0527. The zero-order valence-electron chi connectivity index (χ0n) is 20.4. The zero-order chi connectivity index (χ0) is 25.8. The van der Waals surface area contributed by atoms with Gasteiger partial charge in [-0.2, -0.15) is 10.1 Å². The molecule has 0 saturated carbocycles. The molecule has 1 saturated heterocycles. The molecule has 4 aromatic rings. The van der Waals surface area contributed by atoms with Crippen molar-refractivity contribution in [1.82, 2.24) is 29.7 Å². The van der Waals surface area contributed by atoms with Gasteiger partial charge in [0.25, 0.3) is 0 Å². The Morgan fingerprint density at radius 2 is 1.95 bits per heavy atom. The number of rotatable bonds is 7. The second kappa shape index (κ2) is 10.9. The Hall–Kier alpha value is -4.09. The van der Waals surface area contributed by atoms with E-state index in [0.717, 1.165) is 5.69 Å². The average Bonchev–Trinajstić information content (AvgIpc) is 3.37. The van der Waals surface area contributed by atoms with Crippen LogP contribution in [0.5, 0.6) is 0 Å². The van der Waals surface area contributed by atoms with Crippen LogP contribution in [0.1, 0.15) is 17.3 Å². The minimum Gasteiger partial charge on any atom is -0.462 e. The van der Waals surface area contributed by atoms with E-state index in [2.05, 4.69) is 20.4 Å². The first kappa shape index (κ1) is 24.6. The lowest BCUT2D eigenvalue weighted by Crippen LogP contribution is -2.37. The highest BCUT2D eigenvalue weighted by Gasteiger charge is 2.25. The molecule has 37 heavy (non-hydrogen) atoms. The summed E-state index contributed by atoms with van der Waals surface area (Å²) in [7, 11) is 1.82. The minimum atomic E-state index is -0.524. The average molecular weight is 521 g/mol. The van der Waals surface area contributed by atoms with Crippen molar-refractivity contribution < 1.29 is 14.3 Å². The molecule has 11 nitrogen and oxygen atoms in total. The maximum absolute atomic E-state index is 12.9. The molecule has 4 aromatic heterocycles. The molecule has 1 aliphatic heterocycles. The van der Waals surface area contributed by atoms with Gasteiger partial charge < -0.3 is 19.7 Å². The van der Waals surface area contributed by atoms with Crippen LogP contribution >= 0.6 is 11.6 Å². The lowest BCUT2D eigenvalue weighted by atomic mass is 10.0. The molecule has 190 valence electrons. The molecule has 1 aliphatic rings. The van der Waals surface area contributed by atoms with E-state index in [1.54, 1.807) is 30.1 Å². The molecule has 0 amide bonds. The van der Waals surface area contributed by atoms with E-state index in [9.17, 15) is 4.79 Å². The smallest absolute Gasteiger partial charge is 0.340 e. The van der Waals surface area contributed by atoms with Crippen molar-refractivity contribution in [1.29, 1.82) is 0 Å². The van der Waals surface area contributed by atoms with E-state index in [0.29, 0.717) is 60.7 Å². The van der Waals surface area contributed by atoms with Crippen LogP contribution in [-0.4, -0.2) is 68.6 Å². The maximum Gasteiger partial charge on any atom is 0.340 e. The number of esters is 1. The van der Waals surface area contributed by atoms with Gasteiger partial charge >= 0.3 is 5.97 Å². The van der Waals surface area contributed by atoms with Crippen LogP contribution < -0.4 is 10.2 Å². The second-order valence-corrected chi connectivity index (χ2v) is 8.58. The summed E-state index contributed by atoms with van der Waals surface area (Å²) in [5.41, 5.74) is 3.04. The number of hydrogen-bond donors (Lipinski definition) is 1. The van der Waals surface area contributed by atoms with Crippen LogP contribution in [0, 0.1) is 0 Å². The summed E-state index contributed by atoms with van der Waals surface area (Å²) in [5.74, 6) is 0.333. The van der Waals surface area contributed by atoms with Crippen molar-refractivity contribution in [2.75, 3.05) is 43.1 Å². The van der Waals surface area contributed by atoms with Gasteiger partial charge in [-0.3, -0.25) is 14.6 Å². The predicted molar refractivity (Wildman–Crippen MR) is 139 cm³/mol. The molecule has 0 bridgehead atoms. The highest BCUT2D eigenvalue weighted by atomic mass is 35.5. The first-order chi connectivity index (χ1) is 18.0. The number of halogens is 1. The summed E-state index contributed by atoms with van der Waals surface area (Å²) in [6.07, 6.45) is 6.63. The number of pyridine rings is 2. The number of anilines is 3. The van der Waals surface area contributed by atoms with Gasteiger partial charge in [0.05, 0.1) is 36.8 Å². The van der Waals surface area contributed by atoms with E-state index in [-0.39, 0.29) is 17.2 Å². The van der Waals surface area contributed by atoms with E-state index < -0.39 is 5.97 Å². The summed E-state index contributed by atoms with van der Waals surface area (Å²) >= 11 is 6.92. The Kier molecular flexibility index (Phi) is 7.24. The van der Waals surface area contributed by atoms with Crippen molar-refractivity contribution in [3.63, 3.8) is 0 Å². The first-order valence-electron chi connectivity index (χ1n) is 11.8. The fraction of sp³-hybridized carbons (Fsp3) is 0.280.